The van der Waals surface area contributed by atoms with E-state index in [9.17, 15) is 19.5 Å². The molecule has 2 bridgehead atoms. The molecule has 224 valence electrons. The van der Waals surface area contributed by atoms with E-state index < -0.39 is 35.1 Å². The number of nitrogens with zero attached hydrogens (tertiary/aromatic N) is 3. The van der Waals surface area contributed by atoms with Crippen LogP contribution in [-0.2, 0) is 25.5 Å². The van der Waals surface area contributed by atoms with Crippen LogP contribution in [0.4, 0.5) is 0 Å². The second-order valence-electron chi connectivity index (χ2n) is 12.3. The molecule has 8 nitrogen and oxygen atoms in total. The lowest BCUT2D eigenvalue weighted by Crippen LogP contribution is -2.59. The number of unbranched alkanes of at least 4 members (excludes halogenated alkanes) is 2. The van der Waals surface area contributed by atoms with E-state index >= 15 is 0 Å². The summed E-state index contributed by atoms with van der Waals surface area (Å²) in [5, 5.41) is 10.7. The summed E-state index contributed by atoms with van der Waals surface area (Å²) in [7, 11) is 1.71. The maximum Gasteiger partial charge on any atom is 0.248 e. The van der Waals surface area contributed by atoms with Crippen LogP contribution < -0.4 is 0 Å². The number of carbonyl (C=O) groups excluding carboxylic acids is 3. The van der Waals surface area contributed by atoms with Gasteiger partial charge in [0.15, 0.2) is 0 Å². The van der Waals surface area contributed by atoms with Crippen LogP contribution >= 0.6 is 0 Å². The summed E-state index contributed by atoms with van der Waals surface area (Å²) in [6, 6.07) is 8.07. The lowest BCUT2D eigenvalue weighted by Gasteiger charge is -2.39. The Morgan fingerprint density at radius 2 is 1.85 bits per heavy atom. The monoisotopic (exact) mass is 565 g/mol. The highest BCUT2D eigenvalue weighted by molar-refractivity contribution is 5.99. The summed E-state index contributed by atoms with van der Waals surface area (Å²) in [6.07, 6.45) is 7.07. The first-order valence-corrected chi connectivity index (χ1v) is 15.0. The van der Waals surface area contributed by atoms with Gasteiger partial charge < -0.3 is 24.5 Å². The van der Waals surface area contributed by atoms with E-state index in [0.29, 0.717) is 32.5 Å². The summed E-state index contributed by atoms with van der Waals surface area (Å²) in [6.45, 7) is 14.7. The Balaban J connectivity index is 1.83. The molecule has 3 fully saturated rings. The number of amides is 3. The third kappa shape index (κ3) is 5.25. The first kappa shape index (κ1) is 31.0. The van der Waals surface area contributed by atoms with Crippen LogP contribution in [0.3, 0.4) is 0 Å². The van der Waals surface area contributed by atoms with Crippen molar-refractivity contribution in [3.05, 3.63) is 61.2 Å². The predicted molar refractivity (Wildman–Crippen MR) is 159 cm³/mol. The summed E-state index contributed by atoms with van der Waals surface area (Å²) >= 11 is 0. The summed E-state index contributed by atoms with van der Waals surface area (Å²) in [5.41, 5.74) is -1.10. The predicted octanol–water partition coefficient (Wildman–Crippen LogP) is 3.45. The Hall–Kier alpha value is -2.97. The fourth-order valence-corrected chi connectivity index (χ4v) is 7.56. The number of hydrogen-bond donors (Lipinski definition) is 1. The van der Waals surface area contributed by atoms with Gasteiger partial charge in [0.05, 0.1) is 30.1 Å². The van der Waals surface area contributed by atoms with Crippen LogP contribution in [0.1, 0.15) is 52.0 Å². The van der Waals surface area contributed by atoms with Crippen molar-refractivity contribution in [1.29, 1.82) is 0 Å². The van der Waals surface area contributed by atoms with Crippen molar-refractivity contribution < 1.29 is 24.2 Å². The molecule has 3 heterocycles. The molecule has 0 radical (unpaired) electrons. The lowest BCUT2D eigenvalue weighted by molar-refractivity contribution is -0.157. The number of likely N-dealkylation sites (N-methyl/N-ethyl adjacent to an activating group) is 1. The van der Waals surface area contributed by atoms with Crippen LogP contribution in [0, 0.1) is 17.8 Å². The van der Waals surface area contributed by atoms with Gasteiger partial charge in [-0.3, -0.25) is 14.4 Å². The average Bonchev–Trinajstić information content (AvgIpc) is 3.47. The number of ether oxygens (including phenoxy) is 1. The molecule has 7 atom stereocenters. The van der Waals surface area contributed by atoms with E-state index in [4.69, 9.17) is 4.74 Å². The van der Waals surface area contributed by atoms with Crippen LogP contribution in [0.2, 0.25) is 0 Å². The average molecular weight is 566 g/mol. The normalized spacial score (nSPS) is 30.7. The van der Waals surface area contributed by atoms with Crippen molar-refractivity contribution in [2.75, 3.05) is 33.3 Å². The minimum Gasteiger partial charge on any atom is -0.394 e. The van der Waals surface area contributed by atoms with E-state index in [1.54, 1.807) is 33.9 Å². The molecule has 41 heavy (non-hydrogen) atoms. The van der Waals surface area contributed by atoms with Gasteiger partial charge in [0.1, 0.15) is 11.6 Å². The number of hydrogen-bond acceptors (Lipinski definition) is 5. The van der Waals surface area contributed by atoms with Crippen molar-refractivity contribution in [3.8, 4) is 0 Å². The molecule has 0 aromatic heterocycles. The zero-order valence-corrected chi connectivity index (χ0v) is 25.1. The SMILES string of the molecule is C=CCN(C)C(=O)[C@@H]1[C@H]2C(=O)N([C@@H](CO)Cc3ccccc3)C(C(=O)N(CC=C)CCCCC)C23CC(C)[C@@]1(C)O3. The second kappa shape index (κ2) is 12.5. The van der Waals surface area contributed by atoms with E-state index in [1.165, 1.54) is 0 Å². The van der Waals surface area contributed by atoms with Crippen molar-refractivity contribution in [2.45, 2.75) is 76.2 Å². The molecule has 1 spiro atoms. The number of fused-ring (bicyclic) bond motifs is 1. The molecule has 3 unspecified atom stereocenters. The second-order valence-corrected chi connectivity index (χ2v) is 12.3. The van der Waals surface area contributed by atoms with Gasteiger partial charge in [0.25, 0.3) is 0 Å². The molecule has 3 aliphatic rings. The molecule has 3 amide bonds. The molecule has 3 saturated heterocycles. The topological polar surface area (TPSA) is 90.4 Å². The zero-order valence-electron chi connectivity index (χ0n) is 25.1. The largest absolute Gasteiger partial charge is 0.394 e. The summed E-state index contributed by atoms with van der Waals surface area (Å²) < 4.78 is 6.89. The molecule has 1 aromatic rings. The standard InChI is InChI=1S/C33H47N3O5/c1-7-10-14-19-35(18-9-3)31(40)28-33-21-23(4)32(5,41-33)26(29(38)34(6)17-8-2)27(33)30(39)36(28)25(22-37)20-24-15-12-11-13-16-24/h8-9,11-13,15-16,23,25-28,37H,2-3,7,10,14,17-22H2,1,4-6H3/t23?,25-,26+,27+,28?,32-,33?/m1/s1. The number of likely N-dealkylation sites (tertiary alicyclic amines) is 1. The highest BCUT2D eigenvalue weighted by Crippen LogP contribution is 2.65. The summed E-state index contributed by atoms with van der Waals surface area (Å²) in [5.74, 6) is -2.28. The van der Waals surface area contributed by atoms with Crippen LogP contribution in [0.5, 0.6) is 0 Å². The van der Waals surface area contributed by atoms with Gasteiger partial charge in [-0.25, -0.2) is 0 Å². The Bertz CT molecular complexity index is 1140. The zero-order chi connectivity index (χ0) is 29.9. The molecule has 1 N–H and O–H groups in total. The number of aliphatic hydroxyl groups excluding tert-OH is 1. The summed E-state index contributed by atoms with van der Waals surface area (Å²) in [4.78, 5) is 48.1. The minimum absolute atomic E-state index is 0.0532. The van der Waals surface area contributed by atoms with E-state index in [1.807, 2.05) is 44.2 Å². The molecule has 0 aliphatic carbocycles. The quantitative estimate of drug-likeness (QED) is 0.276. The van der Waals surface area contributed by atoms with Gasteiger partial charge >= 0.3 is 0 Å². The van der Waals surface area contributed by atoms with Crippen molar-refractivity contribution in [1.82, 2.24) is 14.7 Å². The van der Waals surface area contributed by atoms with Gasteiger partial charge in [0, 0.05) is 26.7 Å². The van der Waals surface area contributed by atoms with Gasteiger partial charge in [-0.2, -0.15) is 0 Å². The van der Waals surface area contributed by atoms with E-state index in [0.717, 1.165) is 24.8 Å². The van der Waals surface area contributed by atoms with Crippen molar-refractivity contribution in [3.63, 3.8) is 0 Å². The molecule has 4 rings (SSSR count). The first-order valence-electron chi connectivity index (χ1n) is 15.0. The number of aliphatic hydroxyl groups is 1. The van der Waals surface area contributed by atoms with Gasteiger partial charge in [0.2, 0.25) is 17.7 Å². The fraction of sp³-hybridized carbons (Fsp3) is 0.606. The number of carbonyl (C=O) groups is 3. The van der Waals surface area contributed by atoms with Crippen molar-refractivity contribution in [2.24, 2.45) is 17.8 Å². The Kier molecular flexibility index (Phi) is 9.44. The minimum atomic E-state index is -1.16. The van der Waals surface area contributed by atoms with Crippen LogP contribution in [0.25, 0.3) is 0 Å². The molecular weight excluding hydrogens is 518 g/mol. The molecule has 0 saturated carbocycles. The number of rotatable bonds is 14. The smallest absolute Gasteiger partial charge is 0.248 e. The molecule has 8 heteroatoms. The maximum absolute atomic E-state index is 14.6. The molecule has 1 aromatic carbocycles. The Labute approximate surface area is 245 Å². The maximum atomic E-state index is 14.6. The van der Waals surface area contributed by atoms with E-state index in [-0.39, 0.29) is 30.2 Å². The Morgan fingerprint density at radius 1 is 1.17 bits per heavy atom. The third-order valence-corrected chi connectivity index (χ3v) is 9.64. The van der Waals surface area contributed by atoms with E-state index in [2.05, 4.69) is 20.1 Å². The highest BCUT2D eigenvalue weighted by Gasteiger charge is 2.80. The first-order chi connectivity index (χ1) is 19.6. The molecular formula is C33H47N3O5. The highest BCUT2D eigenvalue weighted by atomic mass is 16.5. The van der Waals surface area contributed by atoms with Gasteiger partial charge in [-0.15, -0.1) is 13.2 Å². The third-order valence-electron chi connectivity index (χ3n) is 9.64. The van der Waals surface area contributed by atoms with Gasteiger partial charge in [-0.1, -0.05) is 69.2 Å². The van der Waals surface area contributed by atoms with Crippen LogP contribution in [-0.4, -0.2) is 94.1 Å². The lowest BCUT2D eigenvalue weighted by atomic mass is 9.62. The fourth-order valence-electron chi connectivity index (χ4n) is 7.56. The molecule has 3 aliphatic heterocycles. The Morgan fingerprint density at radius 3 is 2.46 bits per heavy atom. The van der Waals surface area contributed by atoms with Crippen LogP contribution in [0.15, 0.2) is 55.6 Å². The number of benzene rings is 1. The van der Waals surface area contributed by atoms with Crippen molar-refractivity contribution >= 4 is 17.7 Å². The van der Waals surface area contributed by atoms with Gasteiger partial charge in [-0.05, 0) is 37.7 Å².